The Morgan fingerprint density at radius 1 is 0.316 bits per heavy atom. The average Bonchev–Trinajstić information content (AvgIpc) is 3.69. The van der Waals surface area contributed by atoms with Gasteiger partial charge in [-0.15, -0.1) is 0 Å². The lowest BCUT2D eigenvalue weighted by molar-refractivity contribution is 0.661. The molecule has 270 valence electrons. The van der Waals surface area contributed by atoms with E-state index in [1.807, 2.05) is 0 Å². The first-order valence-corrected chi connectivity index (χ1v) is 20.0. The molecule has 2 aliphatic rings. The van der Waals surface area contributed by atoms with Crippen molar-refractivity contribution in [1.82, 2.24) is 0 Å². The van der Waals surface area contributed by atoms with Gasteiger partial charge in [0.05, 0.1) is 5.41 Å². The zero-order chi connectivity index (χ0) is 38.1. The van der Waals surface area contributed by atoms with Gasteiger partial charge in [0.1, 0.15) is 0 Å². The Kier molecular flexibility index (Phi) is 7.50. The van der Waals surface area contributed by atoms with Crippen LogP contribution in [0, 0.1) is 0 Å². The van der Waals surface area contributed by atoms with Crippen LogP contribution in [0.4, 0.5) is 17.1 Å². The summed E-state index contributed by atoms with van der Waals surface area (Å²) in [5.74, 6) is 0. The Morgan fingerprint density at radius 3 is 1.42 bits per heavy atom. The van der Waals surface area contributed by atoms with Crippen molar-refractivity contribution in [2.45, 2.75) is 24.7 Å². The molecular formula is C56H41N. The number of fused-ring (bicyclic) bond motifs is 7. The zero-order valence-corrected chi connectivity index (χ0v) is 32.2. The minimum absolute atomic E-state index is 0.150. The maximum atomic E-state index is 2.44. The Bertz CT molecular complexity index is 2910. The monoisotopic (exact) mass is 727 g/mol. The van der Waals surface area contributed by atoms with E-state index in [9.17, 15) is 0 Å². The molecule has 57 heavy (non-hydrogen) atoms. The van der Waals surface area contributed by atoms with Gasteiger partial charge in [0.2, 0.25) is 0 Å². The fraction of sp³-hybridized carbons (Fsp3) is 0.0714. The summed E-state index contributed by atoms with van der Waals surface area (Å²) < 4.78 is 0. The number of benzene rings is 9. The molecule has 0 radical (unpaired) electrons. The molecule has 11 rings (SSSR count). The SMILES string of the molecule is CC1(C)c2cc(N(c3ccc(-c4ccccc4)cc3)c3ccc(C4(c5ccccc5)c5ccccc5-c5ccccc54)cc3)ccc2-c2cc3ccccc3cc21. The molecule has 0 unspecified atom stereocenters. The highest BCUT2D eigenvalue weighted by atomic mass is 15.1. The number of rotatable bonds is 6. The predicted molar refractivity (Wildman–Crippen MR) is 239 cm³/mol. The summed E-state index contributed by atoms with van der Waals surface area (Å²) in [6.07, 6.45) is 0. The first-order chi connectivity index (χ1) is 28.0. The van der Waals surface area contributed by atoms with Crippen LogP contribution in [0.15, 0.2) is 212 Å². The fourth-order valence-electron chi connectivity index (χ4n) is 10.0. The van der Waals surface area contributed by atoms with Gasteiger partial charge in [-0.25, -0.2) is 0 Å². The van der Waals surface area contributed by atoms with Crippen molar-refractivity contribution in [3.8, 4) is 33.4 Å². The lowest BCUT2D eigenvalue weighted by Gasteiger charge is -2.34. The topological polar surface area (TPSA) is 3.24 Å². The predicted octanol–water partition coefficient (Wildman–Crippen LogP) is 14.6. The summed E-state index contributed by atoms with van der Waals surface area (Å²) in [4.78, 5) is 2.43. The van der Waals surface area contributed by atoms with E-state index in [0.717, 1.165) is 17.1 Å². The van der Waals surface area contributed by atoms with Crippen molar-refractivity contribution < 1.29 is 0 Å². The van der Waals surface area contributed by atoms with E-state index in [2.05, 4.69) is 231 Å². The van der Waals surface area contributed by atoms with Crippen LogP contribution in [-0.4, -0.2) is 0 Å². The quantitative estimate of drug-likeness (QED) is 0.165. The zero-order valence-electron chi connectivity index (χ0n) is 32.2. The molecule has 9 aromatic rings. The van der Waals surface area contributed by atoms with Crippen LogP contribution >= 0.6 is 0 Å². The van der Waals surface area contributed by atoms with E-state index in [1.54, 1.807) is 0 Å². The highest BCUT2D eigenvalue weighted by Gasteiger charge is 2.46. The summed E-state index contributed by atoms with van der Waals surface area (Å²) in [5, 5.41) is 2.57. The van der Waals surface area contributed by atoms with Gasteiger partial charge in [0.25, 0.3) is 0 Å². The largest absolute Gasteiger partial charge is 0.310 e. The second-order valence-corrected chi connectivity index (χ2v) is 16.1. The van der Waals surface area contributed by atoms with Gasteiger partial charge in [-0.3, -0.25) is 0 Å². The fourth-order valence-corrected chi connectivity index (χ4v) is 10.0. The van der Waals surface area contributed by atoms with Crippen LogP contribution in [0.2, 0.25) is 0 Å². The van der Waals surface area contributed by atoms with Crippen molar-refractivity contribution in [2.75, 3.05) is 4.90 Å². The molecule has 0 N–H and O–H groups in total. The summed E-state index contributed by atoms with van der Waals surface area (Å²) in [5.41, 5.74) is 18.4. The number of anilines is 3. The van der Waals surface area contributed by atoms with E-state index in [-0.39, 0.29) is 5.41 Å². The standard InChI is InChI=1S/C56H41N/c1-55(2)53-36-41-18-10-9-17-40(41)35-50(53)49-34-33-46(37-54(49)55)57(44-29-25-39(26-30-44)38-15-5-3-6-16-38)45-31-27-43(28-32-45)56(42-19-7-4-8-20-42)51-23-13-11-21-47(51)48-22-12-14-24-52(48)56/h3-37H,1-2H3. The van der Waals surface area contributed by atoms with E-state index < -0.39 is 5.41 Å². The Balaban J connectivity index is 1.08. The molecule has 2 aliphatic carbocycles. The Labute approximate surface area is 335 Å². The normalized spacial score (nSPS) is 14.1. The molecule has 0 saturated heterocycles. The second kappa shape index (κ2) is 12.8. The molecule has 0 bridgehead atoms. The van der Waals surface area contributed by atoms with Gasteiger partial charge < -0.3 is 4.90 Å². The van der Waals surface area contributed by atoms with E-state index in [4.69, 9.17) is 0 Å². The van der Waals surface area contributed by atoms with Crippen molar-refractivity contribution in [2.24, 2.45) is 0 Å². The first kappa shape index (κ1) is 33.4. The van der Waals surface area contributed by atoms with Gasteiger partial charge in [0.15, 0.2) is 0 Å². The smallest absolute Gasteiger partial charge is 0.0713 e. The summed E-state index contributed by atoms with van der Waals surface area (Å²) >= 11 is 0. The number of hydrogen-bond donors (Lipinski definition) is 0. The molecular weight excluding hydrogens is 687 g/mol. The highest BCUT2D eigenvalue weighted by Crippen LogP contribution is 2.57. The maximum Gasteiger partial charge on any atom is 0.0713 e. The molecule has 0 aliphatic heterocycles. The van der Waals surface area contributed by atoms with Crippen LogP contribution in [0.25, 0.3) is 44.2 Å². The Morgan fingerprint density at radius 2 is 0.772 bits per heavy atom. The van der Waals surface area contributed by atoms with Crippen LogP contribution < -0.4 is 4.90 Å². The highest BCUT2D eigenvalue weighted by molar-refractivity contribution is 5.95. The molecule has 1 heteroatoms. The van der Waals surface area contributed by atoms with Crippen LogP contribution in [-0.2, 0) is 10.8 Å². The van der Waals surface area contributed by atoms with E-state index in [0.29, 0.717) is 0 Å². The van der Waals surface area contributed by atoms with Crippen LogP contribution in [0.5, 0.6) is 0 Å². The van der Waals surface area contributed by atoms with Crippen LogP contribution in [0.1, 0.15) is 47.2 Å². The molecule has 0 atom stereocenters. The molecule has 0 amide bonds. The third-order valence-corrected chi connectivity index (χ3v) is 12.7. The van der Waals surface area contributed by atoms with Gasteiger partial charge in [0, 0.05) is 22.5 Å². The molecule has 9 aromatic carbocycles. The first-order valence-electron chi connectivity index (χ1n) is 20.0. The summed E-state index contributed by atoms with van der Waals surface area (Å²) in [7, 11) is 0. The summed E-state index contributed by atoms with van der Waals surface area (Å²) in [6.45, 7) is 4.76. The Hall–Kier alpha value is -6.96. The molecule has 0 fully saturated rings. The maximum absolute atomic E-state index is 2.44. The molecule has 0 saturated carbocycles. The molecule has 0 spiro atoms. The number of hydrogen-bond acceptors (Lipinski definition) is 1. The van der Waals surface area contributed by atoms with E-state index in [1.165, 1.54) is 77.5 Å². The third-order valence-electron chi connectivity index (χ3n) is 12.7. The lowest BCUT2D eigenvalue weighted by Crippen LogP contribution is -2.28. The summed E-state index contributed by atoms with van der Waals surface area (Å²) in [6, 6.07) is 78.7. The van der Waals surface area contributed by atoms with Crippen molar-refractivity contribution >= 4 is 27.8 Å². The average molecular weight is 728 g/mol. The van der Waals surface area contributed by atoms with Crippen LogP contribution in [0.3, 0.4) is 0 Å². The lowest BCUT2D eigenvalue weighted by atomic mass is 9.68. The number of nitrogens with zero attached hydrogens (tertiary/aromatic N) is 1. The van der Waals surface area contributed by atoms with Crippen molar-refractivity contribution in [3.05, 3.63) is 246 Å². The minimum atomic E-state index is -0.442. The van der Waals surface area contributed by atoms with Crippen molar-refractivity contribution in [1.29, 1.82) is 0 Å². The van der Waals surface area contributed by atoms with Gasteiger partial charge in [-0.2, -0.15) is 0 Å². The molecule has 1 nitrogen and oxygen atoms in total. The van der Waals surface area contributed by atoms with E-state index >= 15 is 0 Å². The second-order valence-electron chi connectivity index (χ2n) is 16.1. The van der Waals surface area contributed by atoms with Crippen molar-refractivity contribution in [3.63, 3.8) is 0 Å². The third kappa shape index (κ3) is 5.02. The van der Waals surface area contributed by atoms with Gasteiger partial charge in [-0.1, -0.05) is 178 Å². The molecule has 0 heterocycles. The van der Waals surface area contributed by atoms with Gasteiger partial charge in [-0.05, 0) is 126 Å². The van der Waals surface area contributed by atoms with Gasteiger partial charge >= 0.3 is 0 Å². The minimum Gasteiger partial charge on any atom is -0.310 e. The molecule has 0 aromatic heterocycles.